The average molecular weight is 801 g/mol. The zero-order valence-electron chi connectivity index (χ0n) is 33.4. The minimum atomic E-state index is -4.00. The number of piperidine rings is 2. The fraction of sp³-hybridized carbons (Fsp3) is 0.600. The van der Waals surface area contributed by atoms with Gasteiger partial charge in [0.05, 0.1) is 27.8 Å². The lowest BCUT2D eigenvalue weighted by Gasteiger charge is -2.34. The first-order chi connectivity index (χ1) is 25.7. The fourth-order valence-corrected chi connectivity index (χ4v) is 11.5. The van der Waals surface area contributed by atoms with E-state index >= 15 is 0 Å². The minimum Gasteiger partial charge on any atom is -0.460 e. The Balaban J connectivity index is 1.62. The third-order valence-electron chi connectivity index (χ3n) is 10.8. The molecule has 2 unspecified atom stereocenters. The summed E-state index contributed by atoms with van der Waals surface area (Å²) in [4.78, 5) is 44.8. The molecular formula is C40H56N4O9S2. The number of carbonyl (C=O) groups excluding carboxylic acids is 2. The molecule has 0 aliphatic carbocycles. The van der Waals surface area contributed by atoms with E-state index in [1.165, 1.54) is 45.0 Å². The van der Waals surface area contributed by atoms with Crippen LogP contribution in [0.25, 0.3) is 21.5 Å². The highest BCUT2D eigenvalue weighted by molar-refractivity contribution is 7.89. The number of hydrogen-bond donors (Lipinski definition) is 1. The molecule has 2 aliphatic rings. The van der Waals surface area contributed by atoms with E-state index in [-0.39, 0.29) is 67.9 Å². The molecule has 3 aromatic rings. The first-order valence-corrected chi connectivity index (χ1v) is 22.1. The fourth-order valence-electron chi connectivity index (χ4n) is 8.10. The highest BCUT2D eigenvalue weighted by atomic mass is 32.2. The van der Waals surface area contributed by atoms with Crippen molar-refractivity contribution in [3.8, 4) is 0 Å². The van der Waals surface area contributed by atoms with Gasteiger partial charge in [0, 0.05) is 47.7 Å². The minimum absolute atomic E-state index is 0.0534. The summed E-state index contributed by atoms with van der Waals surface area (Å²) in [7, 11) is -8.00. The van der Waals surface area contributed by atoms with Crippen molar-refractivity contribution in [2.45, 2.75) is 103 Å². The summed E-state index contributed by atoms with van der Waals surface area (Å²) in [6.07, 6.45) is 2.13. The largest absolute Gasteiger partial charge is 0.460 e. The van der Waals surface area contributed by atoms with Crippen molar-refractivity contribution in [1.82, 2.24) is 8.61 Å². The Morgan fingerprint density at radius 2 is 1.24 bits per heavy atom. The summed E-state index contributed by atoms with van der Waals surface area (Å²) in [5.74, 6) is -1.63. The summed E-state index contributed by atoms with van der Waals surface area (Å²) >= 11 is 0. The number of fused-ring (bicyclic) bond motifs is 2. The zero-order valence-corrected chi connectivity index (χ0v) is 35.1. The molecule has 55 heavy (non-hydrogen) atoms. The van der Waals surface area contributed by atoms with Crippen LogP contribution in [0.15, 0.2) is 51.4 Å². The molecule has 13 nitrogen and oxygen atoms in total. The molecule has 2 fully saturated rings. The van der Waals surface area contributed by atoms with Crippen LogP contribution < -0.4 is 5.48 Å². The number of sulfonamides is 2. The first-order valence-electron chi connectivity index (χ1n) is 19.2. The highest BCUT2D eigenvalue weighted by Gasteiger charge is 2.35. The second-order valence-electron chi connectivity index (χ2n) is 17.1. The lowest BCUT2D eigenvalue weighted by molar-refractivity contribution is -0.165. The molecular weight excluding hydrogens is 745 g/mol. The summed E-state index contributed by atoms with van der Waals surface area (Å²) in [6, 6.07) is 8.66. The topological polar surface area (TPSA) is 169 Å². The number of hydrogen-bond acceptors (Lipinski definition) is 11. The van der Waals surface area contributed by atoms with Gasteiger partial charge in [-0.2, -0.15) is 8.61 Å². The zero-order chi connectivity index (χ0) is 40.6. The Morgan fingerprint density at radius 1 is 0.800 bits per heavy atom. The molecule has 6 atom stereocenters. The highest BCUT2D eigenvalue weighted by Crippen LogP contribution is 2.44. The van der Waals surface area contributed by atoms with E-state index < -0.39 is 43.5 Å². The smallest absolute Gasteiger partial charge is 0.332 e. The van der Waals surface area contributed by atoms with Crippen LogP contribution in [0, 0.1) is 40.4 Å². The molecule has 2 heterocycles. The van der Waals surface area contributed by atoms with Gasteiger partial charge in [-0.05, 0) is 92.6 Å². The van der Waals surface area contributed by atoms with Gasteiger partial charge in [0.25, 0.3) is 0 Å². The van der Waals surface area contributed by atoms with E-state index in [2.05, 4.69) is 10.7 Å². The summed E-state index contributed by atoms with van der Waals surface area (Å²) < 4.78 is 64.6. The summed E-state index contributed by atoms with van der Waals surface area (Å²) in [5, 5.41) is 4.23. The van der Waals surface area contributed by atoms with Crippen molar-refractivity contribution in [3.05, 3.63) is 41.3 Å². The Morgan fingerprint density at radius 3 is 1.62 bits per heavy atom. The van der Waals surface area contributed by atoms with Gasteiger partial charge in [0.1, 0.15) is 11.3 Å². The molecule has 15 heteroatoms. The molecule has 0 radical (unpaired) electrons. The van der Waals surface area contributed by atoms with Crippen molar-refractivity contribution < 1.29 is 36.0 Å². The predicted molar refractivity (Wildman–Crippen MR) is 213 cm³/mol. The van der Waals surface area contributed by atoms with Gasteiger partial charge >= 0.3 is 11.9 Å². The van der Waals surface area contributed by atoms with E-state index in [1.54, 1.807) is 20.8 Å². The molecule has 1 N–H and O–H groups in total. The number of anilines is 1. The summed E-state index contributed by atoms with van der Waals surface area (Å²) in [5.41, 5.74) is 2.01. The third kappa shape index (κ3) is 9.32. The van der Waals surface area contributed by atoms with Crippen molar-refractivity contribution >= 4 is 64.9 Å². The lowest BCUT2D eigenvalue weighted by Crippen LogP contribution is -2.42. The Kier molecular flexibility index (Phi) is 12.7. The standard InChI is InChI=1S/C40H56N4O9S2/c1-10-28(6)33(39(46)52-40(7,8)9)19-36(45)53-42-38-31-13-11-29(54(48,49)43-20-24(2)15-25(3)21-43)17-34(31)37(41-47)35-18-30(12-14-32(35)38)55(50,51)44-22-26(4)16-27(5)23-44/h11-14,17-18,24-28,33,42H,10,15-16,19-23H2,1-9H3/t24-,25+,26-,27+,28?,33?. The van der Waals surface area contributed by atoms with E-state index in [9.17, 15) is 31.3 Å². The van der Waals surface area contributed by atoms with Gasteiger partial charge in [0.15, 0.2) is 0 Å². The van der Waals surface area contributed by atoms with E-state index in [0.29, 0.717) is 43.4 Å². The number of rotatable bonds is 12. The second-order valence-corrected chi connectivity index (χ2v) is 20.9. The quantitative estimate of drug-likeness (QED) is 0.0820. The number of carbonyl (C=O) groups is 2. The molecule has 302 valence electrons. The van der Waals surface area contributed by atoms with Gasteiger partial charge in [0.2, 0.25) is 20.0 Å². The van der Waals surface area contributed by atoms with Gasteiger partial charge in [-0.25, -0.2) is 27.1 Å². The van der Waals surface area contributed by atoms with Crippen LogP contribution in [0.2, 0.25) is 0 Å². The number of nitrogens with zero attached hydrogens (tertiary/aromatic N) is 3. The molecule has 3 aromatic carbocycles. The van der Waals surface area contributed by atoms with Gasteiger partial charge in [-0.15, -0.1) is 4.91 Å². The SMILES string of the molecule is CCC(C)C(CC(=O)ONc1c2ccc(S(=O)(=O)N3C[C@H](C)C[C@H](C)C3)cc2c(N=O)c2cc(S(=O)(=O)N3C[C@H](C)C[C@H](C)C3)ccc12)C(=O)OC(C)(C)C. The first kappa shape index (κ1) is 42.5. The molecule has 5 rings (SSSR count). The molecule has 0 bridgehead atoms. The van der Waals surface area contributed by atoms with Crippen molar-refractivity contribution in [3.63, 3.8) is 0 Å². The number of nitrogens with one attached hydrogen (secondary N) is 1. The van der Waals surface area contributed by atoms with Gasteiger partial charge < -0.3 is 9.57 Å². The van der Waals surface area contributed by atoms with E-state index in [0.717, 1.165) is 12.8 Å². The maximum atomic E-state index is 14.0. The van der Waals surface area contributed by atoms with Crippen LogP contribution in [0.5, 0.6) is 0 Å². The Bertz CT molecular complexity index is 2030. The average Bonchev–Trinajstić information content (AvgIpc) is 3.09. The normalized spacial score (nSPS) is 22.9. The number of ether oxygens (including phenoxy) is 1. The van der Waals surface area contributed by atoms with Gasteiger partial charge in [-0.3, -0.25) is 4.79 Å². The molecule has 0 spiro atoms. The Hall–Kier alpha value is -3.66. The number of nitroso groups, excluding NO2 is 1. The van der Waals surface area contributed by atoms with Crippen LogP contribution >= 0.6 is 0 Å². The maximum absolute atomic E-state index is 14.0. The van der Waals surface area contributed by atoms with Crippen molar-refractivity contribution in [2.24, 2.45) is 40.7 Å². The Labute approximate surface area is 325 Å². The number of benzene rings is 3. The van der Waals surface area contributed by atoms with E-state index in [1.807, 2.05) is 41.5 Å². The van der Waals surface area contributed by atoms with Crippen LogP contribution in [-0.4, -0.2) is 69.2 Å². The molecule has 2 saturated heterocycles. The van der Waals surface area contributed by atoms with E-state index in [4.69, 9.17) is 9.57 Å². The molecule has 0 amide bonds. The monoisotopic (exact) mass is 800 g/mol. The molecule has 0 aromatic heterocycles. The second kappa shape index (κ2) is 16.4. The van der Waals surface area contributed by atoms with Crippen LogP contribution in [0.3, 0.4) is 0 Å². The number of esters is 1. The van der Waals surface area contributed by atoms with Gasteiger partial charge in [-0.1, -0.05) is 60.1 Å². The summed E-state index contributed by atoms with van der Waals surface area (Å²) in [6.45, 7) is 18.4. The molecule has 0 saturated carbocycles. The third-order valence-corrected chi connectivity index (χ3v) is 14.4. The van der Waals surface area contributed by atoms with Crippen molar-refractivity contribution in [1.29, 1.82) is 0 Å². The maximum Gasteiger partial charge on any atom is 0.332 e. The molecule has 2 aliphatic heterocycles. The predicted octanol–water partition coefficient (Wildman–Crippen LogP) is 7.99. The van der Waals surface area contributed by atoms with Crippen LogP contribution in [0.1, 0.15) is 88.0 Å². The van der Waals surface area contributed by atoms with Crippen molar-refractivity contribution in [2.75, 3.05) is 31.7 Å². The van der Waals surface area contributed by atoms with Crippen LogP contribution in [0.4, 0.5) is 11.4 Å². The lowest BCUT2D eigenvalue weighted by atomic mass is 9.89. The van der Waals surface area contributed by atoms with Crippen LogP contribution in [-0.2, 0) is 39.2 Å².